The number of aromatic nitrogens is 3. The molecule has 1 aromatic rings. The molecule has 0 aromatic carbocycles. The van der Waals surface area contributed by atoms with Gasteiger partial charge in [0.25, 0.3) is 0 Å². The maximum atomic E-state index is 5.18. The summed E-state index contributed by atoms with van der Waals surface area (Å²) >= 11 is 0. The molecular formula is C12H20N4. The van der Waals surface area contributed by atoms with E-state index in [2.05, 4.69) is 28.2 Å². The number of terminal acetylenes is 1. The Morgan fingerprint density at radius 3 is 3.12 bits per heavy atom. The second-order valence-electron chi connectivity index (χ2n) is 3.74. The SMILES string of the molecule is C#CCCCCNCc1ncnn1CCC. The van der Waals surface area contributed by atoms with Gasteiger partial charge in [-0.3, -0.25) is 0 Å². The van der Waals surface area contributed by atoms with Crippen molar-refractivity contribution in [3.63, 3.8) is 0 Å². The van der Waals surface area contributed by atoms with Crippen molar-refractivity contribution in [3.8, 4) is 12.3 Å². The Kier molecular flexibility index (Phi) is 6.28. The molecule has 4 heteroatoms. The minimum Gasteiger partial charge on any atom is -0.310 e. The largest absolute Gasteiger partial charge is 0.310 e. The summed E-state index contributed by atoms with van der Waals surface area (Å²) in [4.78, 5) is 4.23. The molecule has 0 aliphatic carbocycles. The van der Waals surface area contributed by atoms with Gasteiger partial charge >= 0.3 is 0 Å². The van der Waals surface area contributed by atoms with Gasteiger partial charge in [-0.2, -0.15) is 5.10 Å². The Labute approximate surface area is 97.5 Å². The number of rotatable bonds is 8. The molecule has 0 radical (unpaired) electrons. The molecule has 0 unspecified atom stereocenters. The van der Waals surface area contributed by atoms with Crippen LogP contribution in [0.3, 0.4) is 0 Å². The highest BCUT2D eigenvalue weighted by molar-refractivity contribution is 4.84. The molecule has 88 valence electrons. The fourth-order valence-electron chi connectivity index (χ4n) is 1.50. The maximum absolute atomic E-state index is 5.18. The van der Waals surface area contributed by atoms with E-state index in [1.54, 1.807) is 6.33 Å². The molecule has 1 rings (SSSR count). The first-order valence-corrected chi connectivity index (χ1v) is 5.89. The van der Waals surface area contributed by atoms with E-state index in [4.69, 9.17) is 6.42 Å². The highest BCUT2D eigenvalue weighted by Crippen LogP contribution is 1.96. The minimum atomic E-state index is 0.788. The van der Waals surface area contributed by atoms with Crippen molar-refractivity contribution in [2.45, 2.75) is 45.7 Å². The number of nitrogens with one attached hydrogen (secondary N) is 1. The van der Waals surface area contributed by atoms with E-state index < -0.39 is 0 Å². The smallest absolute Gasteiger partial charge is 0.140 e. The fraction of sp³-hybridized carbons (Fsp3) is 0.667. The third kappa shape index (κ3) is 4.45. The van der Waals surface area contributed by atoms with E-state index in [-0.39, 0.29) is 0 Å². The van der Waals surface area contributed by atoms with Crippen molar-refractivity contribution in [1.29, 1.82) is 0 Å². The van der Waals surface area contributed by atoms with Gasteiger partial charge in [0.05, 0.1) is 6.54 Å². The van der Waals surface area contributed by atoms with Crippen molar-refractivity contribution in [2.75, 3.05) is 6.54 Å². The van der Waals surface area contributed by atoms with Gasteiger partial charge < -0.3 is 5.32 Å². The monoisotopic (exact) mass is 220 g/mol. The zero-order valence-electron chi connectivity index (χ0n) is 9.95. The minimum absolute atomic E-state index is 0.788. The van der Waals surface area contributed by atoms with Crippen molar-refractivity contribution in [2.24, 2.45) is 0 Å². The molecule has 16 heavy (non-hydrogen) atoms. The maximum Gasteiger partial charge on any atom is 0.140 e. The Bertz CT molecular complexity index is 324. The van der Waals surface area contributed by atoms with Crippen molar-refractivity contribution in [1.82, 2.24) is 20.1 Å². The molecule has 4 nitrogen and oxygen atoms in total. The molecule has 0 saturated carbocycles. The molecule has 0 saturated heterocycles. The predicted octanol–water partition coefficient (Wildman–Crippen LogP) is 1.58. The highest BCUT2D eigenvalue weighted by atomic mass is 15.3. The van der Waals surface area contributed by atoms with Crippen LogP contribution in [0.1, 0.15) is 38.4 Å². The zero-order valence-corrected chi connectivity index (χ0v) is 9.95. The number of unbranched alkanes of at least 4 members (excludes halogenated alkanes) is 2. The molecule has 1 aromatic heterocycles. The summed E-state index contributed by atoms with van der Waals surface area (Å²) in [6, 6.07) is 0. The summed E-state index contributed by atoms with van der Waals surface area (Å²) in [6.07, 6.45) is 11.0. The lowest BCUT2D eigenvalue weighted by molar-refractivity contribution is 0.535. The highest BCUT2D eigenvalue weighted by Gasteiger charge is 2.01. The van der Waals surface area contributed by atoms with Crippen LogP contribution in [-0.4, -0.2) is 21.3 Å². The van der Waals surface area contributed by atoms with Crippen LogP contribution < -0.4 is 5.32 Å². The standard InChI is InChI=1S/C12H20N4/c1-3-5-6-7-8-13-10-12-14-11-15-16(12)9-4-2/h1,11,13H,4-10H2,2H3. The van der Waals surface area contributed by atoms with E-state index in [9.17, 15) is 0 Å². The fourth-order valence-corrected chi connectivity index (χ4v) is 1.50. The third-order valence-electron chi connectivity index (χ3n) is 2.34. The second-order valence-corrected chi connectivity index (χ2v) is 3.74. The molecule has 0 amide bonds. The van der Waals surface area contributed by atoms with Gasteiger partial charge in [-0.1, -0.05) is 6.92 Å². The van der Waals surface area contributed by atoms with Crippen LogP contribution in [0.2, 0.25) is 0 Å². The quantitative estimate of drug-likeness (QED) is 0.534. The second kappa shape index (κ2) is 7.89. The molecule has 1 N–H and O–H groups in total. The molecule has 0 fully saturated rings. The molecule has 0 aliphatic heterocycles. The van der Waals surface area contributed by atoms with Crippen LogP contribution in [0.25, 0.3) is 0 Å². The van der Waals surface area contributed by atoms with E-state index in [0.717, 1.165) is 51.1 Å². The Balaban J connectivity index is 2.16. The van der Waals surface area contributed by atoms with Crippen molar-refractivity contribution >= 4 is 0 Å². The van der Waals surface area contributed by atoms with Crippen LogP contribution in [0, 0.1) is 12.3 Å². The summed E-state index contributed by atoms with van der Waals surface area (Å²) in [5.74, 6) is 3.66. The lowest BCUT2D eigenvalue weighted by Gasteiger charge is -2.05. The number of hydrogen-bond donors (Lipinski definition) is 1. The molecule has 0 aliphatic rings. The molecular weight excluding hydrogens is 200 g/mol. The summed E-state index contributed by atoms with van der Waals surface area (Å²) in [7, 11) is 0. The zero-order chi connectivity index (χ0) is 11.6. The Morgan fingerprint density at radius 2 is 2.38 bits per heavy atom. The van der Waals surface area contributed by atoms with Gasteiger partial charge in [-0.25, -0.2) is 9.67 Å². The van der Waals surface area contributed by atoms with Gasteiger partial charge in [0, 0.05) is 13.0 Å². The molecule has 0 atom stereocenters. The van der Waals surface area contributed by atoms with E-state index in [0.29, 0.717) is 0 Å². The van der Waals surface area contributed by atoms with E-state index in [1.165, 1.54) is 0 Å². The van der Waals surface area contributed by atoms with Crippen LogP contribution in [0.5, 0.6) is 0 Å². The average Bonchev–Trinajstić information content (AvgIpc) is 2.72. The number of aryl methyl sites for hydroxylation is 1. The van der Waals surface area contributed by atoms with Gasteiger partial charge in [-0.05, 0) is 25.8 Å². The van der Waals surface area contributed by atoms with Crippen molar-refractivity contribution in [3.05, 3.63) is 12.2 Å². The van der Waals surface area contributed by atoms with Gasteiger partial charge in [0.2, 0.25) is 0 Å². The topological polar surface area (TPSA) is 42.7 Å². The van der Waals surface area contributed by atoms with Crippen LogP contribution in [0.4, 0.5) is 0 Å². The molecule has 0 bridgehead atoms. The normalized spacial score (nSPS) is 10.2. The van der Waals surface area contributed by atoms with Crippen molar-refractivity contribution < 1.29 is 0 Å². The summed E-state index contributed by atoms with van der Waals surface area (Å²) in [5, 5.41) is 7.53. The number of hydrogen-bond acceptors (Lipinski definition) is 3. The first-order valence-electron chi connectivity index (χ1n) is 5.89. The lowest BCUT2D eigenvalue weighted by atomic mass is 10.2. The van der Waals surface area contributed by atoms with E-state index >= 15 is 0 Å². The van der Waals surface area contributed by atoms with Crippen LogP contribution in [-0.2, 0) is 13.1 Å². The van der Waals surface area contributed by atoms with Crippen LogP contribution in [0.15, 0.2) is 6.33 Å². The van der Waals surface area contributed by atoms with E-state index in [1.807, 2.05) is 4.68 Å². The van der Waals surface area contributed by atoms with Gasteiger partial charge in [0.15, 0.2) is 0 Å². The summed E-state index contributed by atoms with van der Waals surface area (Å²) in [6.45, 7) is 4.85. The first kappa shape index (κ1) is 12.7. The van der Waals surface area contributed by atoms with Gasteiger partial charge in [-0.15, -0.1) is 12.3 Å². The molecule has 0 spiro atoms. The predicted molar refractivity (Wildman–Crippen MR) is 64.7 cm³/mol. The first-order chi connectivity index (χ1) is 7.88. The Morgan fingerprint density at radius 1 is 1.50 bits per heavy atom. The third-order valence-corrected chi connectivity index (χ3v) is 2.34. The summed E-state index contributed by atoms with van der Waals surface area (Å²) in [5.41, 5.74) is 0. The Hall–Kier alpha value is -1.34. The lowest BCUT2D eigenvalue weighted by Crippen LogP contribution is -2.18. The van der Waals surface area contributed by atoms with Gasteiger partial charge in [0.1, 0.15) is 12.2 Å². The number of nitrogens with zero attached hydrogens (tertiary/aromatic N) is 3. The summed E-state index contributed by atoms with van der Waals surface area (Å²) < 4.78 is 1.95. The average molecular weight is 220 g/mol. The molecule has 1 heterocycles. The van der Waals surface area contributed by atoms with Crippen LogP contribution >= 0.6 is 0 Å².